The number of ether oxygens (including phenoxy) is 1. The van der Waals surface area contributed by atoms with Crippen LogP contribution < -0.4 is 5.32 Å². The molecule has 0 fully saturated rings. The summed E-state index contributed by atoms with van der Waals surface area (Å²) in [4.78, 5) is 4.26. The topological polar surface area (TPSA) is 39.1 Å². The molecule has 0 aromatic carbocycles. The van der Waals surface area contributed by atoms with E-state index in [1.165, 1.54) is 0 Å². The third kappa shape index (κ3) is 4.66. The van der Waals surface area contributed by atoms with Crippen LogP contribution in [0.1, 0.15) is 27.2 Å². The van der Waals surface area contributed by atoms with Gasteiger partial charge in [0.05, 0.1) is 6.61 Å². The van der Waals surface area contributed by atoms with Crippen LogP contribution in [-0.2, 0) is 11.3 Å². The second-order valence-corrected chi connectivity index (χ2v) is 4.34. The highest BCUT2D eigenvalue weighted by Gasteiger charge is 2.00. The molecule has 0 aliphatic heterocycles. The standard InChI is InChI=1S/C12H23N3O/c1-4-7-15-8-5-13-12(15)14-6-9-16-10-11(2)3/h5,8,11H,4,6-7,9-10H2,1-3H3,(H,13,14). The maximum Gasteiger partial charge on any atom is 0.202 e. The molecule has 1 N–H and O–H groups in total. The van der Waals surface area contributed by atoms with Gasteiger partial charge < -0.3 is 14.6 Å². The molecule has 0 amide bonds. The van der Waals surface area contributed by atoms with Crippen LogP contribution in [0, 0.1) is 5.92 Å². The van der Waals surface area contributed by atoms with Gasteiger partial charge in [-0.15, -0.1) is 0 Å². The molecule has 0 saturated heterocycles. The fourth-order valence-electron chi connectivity index (χ4n) is 1.45. The van der Waals surface area contributed by atoms with Crippen LogP contribution in [0.2, 0.25) is 0 Å². The summed E-state index contributed by atoms with van der Waals surface area (Å²) in [5.74, 6) is 1.54. The Hall–Kier alpha value is -1.03. The minimum Gasteiger partial charge on any atom is -0.379 e. The van der Waals surface area contributed by atoms with E-state index in [9.17, 15) is 0 Å². The van der Waals surface area contributed by atoms with Gasteiger partial charge in [-0.25, -0.2) is 4.98 Å². The van der Waals surface area contributed by atoms with E-state index in [1.807, 2.05) is 12.4 Å². The molecule has 0 unspecified atom stereocenters. The number of nitrogens with zero attached hydrogens (tertiary/aromatic N) is 2. The number of aromatic nitrogens is 2. The summed E-state index contributed by atoms with van der Waals surface area (Å²) in [7, 11) is 0. The molecule has 0 bridgehead atoms. The summed E-state index contributed by atoms with van der Waals surface area (Å²) in [6.45, 7) is 9.85. The van der Waals surface area contributed by atoms with E-state index in [0.717, 1.165) is 38.7 Å². The first-order chi connectivity index (χ1) is 7.74. The molecule has 1 rings (SSSR count). The van der Waals surface area contributed by atoms with Crippen LogP contribution in [0.25, 0.3) is 0 Å². The van der Waals surface area contributed by atoms with Crippen molar-refractivity contribution < 1.29 is 4.74 Å². The monoisotopic (exact) mass is 225 g/mol. The van der Waals surface area contributed by atoms with Crippen molar-refractivity contribution in [2.75, 3.05) is 25.1 Å². The van der Waals surface area contributed by atoms with Crippen LogP contribution in [0.5, 0.6) is 0 Å². The molecule has 0 atom stereocenters. The lowest BCUT2D eigenvalue weighted by atomic mass is 10.2. The van der Waals surface area contributed by atoms with Crippen molar-refractivity contribution in [3.8, 4) is 0 Å². The molecular formula is C12H23N3O. The Bertz CT molecular complexity index is 284. The van der Waals surface area contributed by atoms with Crippen molar-refractivity contribution >= 4 is 5.95 Å². The minimum absolute atomic E-state index is 0.599. The van der Waals surface area contributed by atoms with E-state index >= 15 is 0 Å². The molecule has 92 valence electrons. The van der Waals surface area contributed by atoms with Gasteiger partial charge in [0.15, 0.2) is 0 Å². The van der Waals surface area contributed by atoms with Crippen molar-refractivity contribution in [2.24, 2.45) is 5.92 Å². The van der Waals surface area contributed by atoms with Gasteiger partial charge in [0.1, 0.15) is 0 Å². The fourth-order valence-corrected chi connectivity index (χ4v) is 1.45. The third-order valence-electron chi connectivity index (χ3n) is 2.16. The third-order valence-corrected chi connectivity index (χ3v) is 2.16. The lowest BCUT2D eigenvalue weighted by molar-refractivity contribution is 0.118. The fraction of sp³-hybridized carbons (Fsp3) is 0.750. The molecule has 0 spiro atoms. The number of anilines is 1. The summed E-state index contributed by atoms with van der Waals surface area (Å²) in [6.07, 6.45) is 4.95. The zero-order valence-corrected chi connectivity index (χ0v) is 10.6. The molecule has 0 aliphatic rings. The Labute approximate surface area is 98.0 Å². The first-order valence-corrected chi connectivity index (χ1v) is 6.06. The summed E-state index contributed by atoms with van der Waals surface area (Å²) >= 11 is 0. The first-order valence-electron chi connectivity index (χ1n) is 6.06. The number of imidazole rings is 1. The normalized spacial score (nSPS) is 11.0. The van der Waals surface area contributed by atoms with Crippen molar-refractivity contribution in [1.82, 2.24) is 9.55 Å². The molecule has 4 heteroatoms. The van der Waals surface area contributed by atoms with E-state index in [4.69, 9.17) is 4.74 Å². The predicted octanol–water partition coefficient (Wildman–Crippen LogP) is 2.38. The van der Waals surface area contributed by atoms with Crippen LogP contribution in [-0.4, -0.2) is 29.3 Å². The predicted molar refractivity (Wildman–Crippen MR) is 66.7 cm³/mol. The van der Waals surface area contributed by atoms with E-state index in [-0.39, 0.29) is 0 Å². The zero-order valence-electron chi connectivity index (χ0n) is 10.6. The Balaban J connectivity index is 2.18. The quantitative estimate of drug-likeness (QED) is 0.690. The summed E-state index contributed by atoms with van der Waals surface area (Å²) in [6, 6.07) is 0. The average molecular weight is 225 g/mol. The first kappa shape index (κ1) is 13.0. The summed E-state index contributed by atoms with van der Waals surface area (Å²) in [5, 5.41) is 3.28. The van der Waals surface area contributed by atoms with Crippen LogP contribution in [0.4, 0.5) is 5.95 Å². The second kappa shape index (κ2) is 7.28. The highest BCUT2D eigenvalue weighted by molar-refractivity contribution is 5.25. The van der Waals surface area contributed by atoms with Crippen LogP contribution in [0.3, 0.4) is 0 Å². The smallest absolute Gasteiger partial charge is 0.202 e. The van der Waals surface area contributed by atoms with Gasteiger partial charge in [0.2, 0.25) is 5.95 Å². The van der Waals surface area contributed by atoms with E-state index < -0.39 is 0 Å². The van der Waals surface area contributed by atoms with Crippen molar-refractivity contribution in [1.29, 1.82) is 0 Å². The minimum atomic E-state index is 0.599. The van der Waals surface area contributed by atoms with Crippen molar-refractivity contribution in [3.63, 3.8) is 0 Å². The Morgan fingerprint density at radius 3 is 3.00 bits per heavy atom. The van der Waals surface area contributed by atoms with Gasteiger partial charge in [-0.05, 0) is 12.3 Å². The van der Waals surface area contributed by atoms with Gasteiger partial charge in [0, 0.05) is 32.1 Å². The van der Waals surface area contributed by atoms with Gasteiger partial charge in [-0.3, -0.25) is 0 Å². The molecule has 1 aromatic heterocycles. The molecule has 1 heterocycles. The van der Waals surface area contributed by atoms with Crippen LogP contribution >= 0.6 is 0 Å². The molecule has 4 nitrogen and oxygen atoms in total. The van der Waals surface area contributed by atoms with Crippen molar-refractivity contribution in [3.05, 3.63) is 12.4 Å². The van der Waals surface area contributed by atoms with Crippen LogP contribution in [0.15, 0.2) is 12.4 Å². The summed E-state index contributed by atoms with van der Waals surface area (Å²) < 4.78 is 7.62. The van der Waals surface area contributed by atoms with E-state index in [2.05, 4.69) is 35.6 Å². The molecule has 16 heavy (non-hydrogen) atoms. The van der Waals surface area contributed by atoms with Gasteiger partial charge in [-0.1, -0.05) is 20.8 Å². The van der Waals surface area contributed by atoms with Gasteiger partial charge in [-0.2, -0.15) is 0 Å². The highest BCUT2D eigenvalue weighted by atomic mass is 16.5. The second-order valence-electron chi connectivity index (χ2n) is 4.34. The molecule has 1 aromatic rings. The molecule has 0 radical (unpaired) electrons. The van der Waals surface area contributed by atoms with Gasteiger partial charge in [0.25, 0.3) is 0 Å². The molecule has 0 aliphatic carbocycles. The number of aryl methyl sites for hydroxylation is 1. The van der Waals surface area contributed by atoms with Crippen molar-refractivity contribution in [2.45, 2.75) is 33.7 Å². The lowest BCUT2D eigenvalue weighted by Gasteiger charge is -2.10. The Morgan fingerprint density at radius 1 is 1.50 bits per heavy atom. The van der Waals surface area contributed by atoms with E-state index in [0.29, 0.717) is 5.92 Å². The number of rotatable bonds is 8. The maximum absolute atomic E-state index is 5.49. The Kier molecular flexibility index (Phi) is 5.93. The van der Waals surface area contributed by atoms with Gasteiger partial charge >= 0.3 is 0 Å². The SMILES string of the molecule is CCCn1ccnc1NCCOCC(C)C. The summed E-state index contributed by atoms with van der Waals surface area (Å²) in [5.41, 5.74) is 0. The zero-order chi connectivity index (χ0) is 11.8. The molecular weight excluding hydrogens is 202 g/mol. The largest absolute Gasteiger partial charge is 0.379 e. The number of hydrogen-bond acceptors (Lipinski definition) is 3. The van der Waals surface area contributed by atoms with E-state index in [1.54, 1.807) is 0 Å². The Morgan fingerprint density at radius 2 is 2.31 bits per heavy atom. The number of nitrogens with one attached hydrogen (secondary N) is 1. The highest BCUT2D eigenvalue weighted by Crippen LogP contribution is 2.04. The number of hydrogen-bond donors (Lipinski definition) is 1. The molecule has 0 saturated carbocycles. The lowest BCUT2D eigenvalue weighted by Crippen LogP contribution is -2.14. The maximum atomic E-state index is 5.49. The average Bonchev–Trinajstić information content (AvgIpc) is 2.65.